The van der Waals surface area contributed by atoms with Gasteiger partial charge in [-0.3, -0.25) is 0 Å². The Balaban J connectivity index is 2.58. The van der Waals surface area contributed by atoms with Crippen LogP contribution >= 0.6 is 0 Å². The quantitative estimate of drug-likeness (QED) is 0.689. The summed E-state index contributed by atoms with van der Waals surface area (Å²) in [6, 6.07) is 7.05. The van der Waals surface area contributed by atoms with E-state index in [1.54, 1.807) is 24.3 Å². The van der Waals surface area contributed by atoms with Crippen LogP contribution in [-0.2, 0) is 9.84 Å². The van der Waals surface area contributed by atoms with Gasteiger partial charge in [-0.05, 0) is 17.7 Å². The molecule has 0 amide bonds. The zero-order valence-electron chi connectivity index (χ0n) is 7.84. The van der Waals surface area contributed by atoms with Gasteiger partial charge in [0, 0.05) is 16.7 Å². The lowest BCUT2D eigenvalue weighted by Gasteiger charge is -2.02. The van der Waals surface area contributed by atoms with E-state index in [1.165, 1.54) is 6.08 Å². The first-order valence-electron chi connectivity index (χ1n) is 4.29. The van der Waals surface area contributed by atoms with Gasteiger partial charge in [0.2, 0.25) is 9.84 Å². The fourth-order valence-corrected chi connectivity index (χ4v) is 2.36. The molecule has 0 aliphatic carbocycles. The maximum absolute atomic E-state index is 11.3. The van der Waals surface area contributed by atoms with Gasteiger partial charge in [0.25, 0.3) is 0 Å². The maximum atomic E-state index is 11.3. The molecule has 1 aliphatic rings. The van der Waals surface area contributed by atoms with Crippen LogP contribution in [0.1, 0.15) is 5.56 Å². The number of nitrogen functional groups attached to an aromatic ring is 1. The lowest BCUT2D eigenvalue weighted by molar-refractivity contribution is 0.610. The highest BCUT2D eigenvalue weighted by Crippen LogP contribution is 2.29. The van der Waals surface area contributed by atoms with Crippen molar-refractivity contribution in [2.45, 2.75) is 0 Å². The van der Waals surface area contributed by atoms with Gasteiger partial charge in [-0.25, -0.2) is 8.42 Å². The molecular formula is C10H10N2O2S. The average Bonchev–Trinajstić information content (AvgIpc) is 2.42. The molecule has 0 saturated heterocycles. The summed E-state index contributed by atoms with van der Waals surface area (Å²) in [6.07, 6.45) is 1.42. The molecule has 0 aromatic heterocycles. The average molecular weight is 222 g/mol. The Morgan fingerprint density at radius 1 is 1.07 bits per heavy atom. The van der Waals surface area contributed by atoms with Crippen molar-refractivity contribution in [2.75, 3.05) is 5.73 Å². The highest BCUT2D eigenvalue weighted by Gasteiger charge is 2.21. The summed E-state index contributed by atoms with van der Waals surface area (Å²) in [6.45, 7) is 0. The minimum Gasteiger partial charge on any atom is -0.398 e. The van der Waals surface area contributed by atoms with Gasteiger partial charge < -0.3 is 11.5 Å². The number of rotatable bonds is 1. The molecule has 78 valence electrons. The maximum Gasteiger partial charge on any atom is 0.215 e. The second kappa shape index (κ2) is 3.13. The Bertz CT molecular complexity index is 571. The van der Waals surface area contributed by atoms with Crippen LogP contribution in [0.15, 0.2) is 40.8 Å². The number of nitrogens with two attached hydrogens (primary N) is 2. The molecule has 4 nitrogen and oxygen atoms in total. The topological polar surface area (TPSA) is 86.2 Å². The first-order valence-corrected chi connectivity index (χ1v) is 5.84. The van der Waals surface area contributed by atoms with E-state index in [4.69, 9.17) is 11.5 Å². The molecule has 0 radical (unpaired) electrons. The minimum absolute atomic E-state index is 0.138. The zero-order valence-corrected chi connectivity index (χ0v) is 8.66. The van der Waals surface area contributed by atoms with Gasteiger partial charge in [0.05, 0.1) is 0 Å². The van der Waals surface area contributed by atoms with Crippen LogP contribution in [-0.4, -0.2) is 8.42 Å². The number of para-hydroxylation sites is 1. The molecule has 2 rings (SSSR count). The normalized spacial score (nSPS) is 18.4. The summed E-state index contributed by atoms with van der Waals surface area (Å²) in [7, 11) is -3.42. The van der Waals surface area contributed by atoms with E-state index >= 15 is 0 Å². The summed E-state index contributed by atoms with van der Waals surface area (Å²) in [5.74, 6) is 0. The Morgan fingerprint density at radius 3 is 2.27 bits per heavy atom. The fourth-order valence-electron chi connectivity index (χ4n) is 1.41. The molecular weight excluding hydrogens is 212 g/mol. The van der Waals surface area contributed by atoms with Crippen LogP contribution in [0.4, 0.5) is 5.69 Å². The molecule has 15 heavy (non-hydrogen) atoms. The molecule has 1 aromatic rings. The summed E-state index contributed by atoms with van der Waals surface area (Å²) in [4.78, 5) is 0. The Hall–Kier alpha value is -1.75. The lowest BCUT2D eigenvalue weighted by atomic mass is 10.1. The largest absolute Gasteiger partial charge is 0.398 e. The predicted octanol–water partition coefficient (Wildman–Crippen LogP) is 0.838. The molecule has 1 aromatic carbocycles. The molecule has 0 atom stereocenters. The minimum atomic E-state index is -3.42. The third-order valence-electron chi connectivity index (χ3n) is 2.18. The van der Waals surface area contributed by atoms with Crippen LogP contribution < -0.4 is 11.5 Å². The predicted molar refractivity (Wildman–Crippen MR) is 60.0 cm³/mol. The van der Waals surface area contributed by atoms with Crippen molar-refractivity contribution >= 4 is 21.1 Å². The first-order chi connectivity index (χ1) is 7.00. The molecule has 0 bridgehead atoms. The van der Waals surface area contributed by atoms with Gasteiger partial charge in [-0.1, -0.05) is 18.2 Å². The number of sulfone groups is 1. The highest BCUT2D eigenvalue weighted by molar-refractivity contribution is 7.98. The van der Waals surface area contributed by atoms with E-state index in [9.17, 15) is 8.42 Å². The number of hydrogen-bond acceptors (Lipinski definition) is 4. The molecule has 0 unspecified atom stereocenters. The molecule has 0 saturated carbocycles. The van der Waals surface area contributed by atoms with Crippen molar-refractivity contribution in [1.82, 2.24) is 0 Å². The van der Waals surface area contributed by atoms with Crippen LogP contribution in [0.3, 0.4) is 0 Å². The number of hydrogen-bond donors (Lipinski definition) is 2. The van der Waals surface area contributed by atoms with Gasteiger partial charge in [-0.15, -0.1) is 0 Å². The number of benzene rings is 1. The molecule has 0 fully saturated rings. The van der Waals surface area contributed by atoms with Crippen molar-refractivity contribution in [2.24, 2.45) is 5.73 Å². The third kappa shape index (κ3) is 1.61. The Labute approximate surface area is 87.8 Å². The van der Waals surface area contributed by atoms with E-state index in [-0.39, 0.29) is 5.03 Å². The molecule has 0 spiro atoms. The zero-order chi connectivity index (χ0) is 11.1. The first kappa shape index (κ1) is 9.79. The molecule has 5 heteroatoms. The molecule has 1 heterocycles. The van der Waals surface area contributed by atoms with Crippen LogP contribution in [0.5, 0.6) is 0 Å². The third-order valence-corrected chi connectivity index (χ3v) is 3.52. The van der Waals surface area contributed by atoms with Crippen LogP contribution in [0.25, 0.3) is 5.57 Å². The van der Waals surface area contributed by atoms with Crippen molar-refractivity contribution in [1.29, 1.82) is 0 Å². The standard InChI is InChI=1S/C10H10N2O2S/c11-9-4-2-1-3-8(9)7-5-10(12)15(13,14)6-7/h1-6H,11-12H2. The Morgan fingerprint density at radius 2 is 1.73 bits per heavy atom. The SMILES string of the molecule is NC1=CC(c2ccccc2N)=CS1(=O)=O. The second-order valence-corrected chi connectivity index (χ2v) is 5.05. The summed E-state index contributed by atoms with van der Waals surface area (Å²) in [5.41, 5.74) is 12.8. The fraction of sp³-hybridized carbons (Fsp3) is 0. The van der Waals surface area contributed by atoms with Crippen molar-refractivity contribution < 1.29 is 8.42 Å². The number of allylic oxidation sites excluding steroid dienone is 2. The highest BCUT2D eigenvalue weighted by atomic mass is 32.2. The second-order valence-electron chi connectivity index (χ2n) is 3.25. The van der Waals surface area contributed by atoms with Crippen molar-refractivity contribution in [3.63, 3.8) is 0 Å². The van der Waals surface area contributed by atoms with E-state index in [2.05, 4.69) is 0 Å². The summed E-state index contributed by atoms with van der Waals surface area (Å²) in [5, 5.41) is 0.995. The lowest BCUT2D eigenvalue weighted by Crippen LogP contribution is -2.04. The van der Waals surface area contributed by atoms with Gasteiger partial charge in [0.1, 0.15) is 5.03 Å². The van der Waals surface area contributed by atoms with Gasteiger partial charge >= 0.3 is 0 Å². The number of anilines is 1. The summed E-state index contributed by atoms with van der Waals surface area (Å²) < 4.78 is 22.7. The van der Waals surface area contributed by atoms with Crippen LogP contribution in [0, 0.1) is 0 Å². The van der Waals surface area contributed by atoms with Crippen LogP contribution in [0.2, 0.25) is 0 Å². The monoisotopic (exact) mass is 222 g/mol. The van der Waals surface area contributed by atoms with Crippen molar-refractivity contribution in [3.05, 3.63) is 46.3 Å². The molecule has 1 aliphatic heterocycles. The van der Waals surface area contributed by atoms with E-state index in [0.717, 1.165) is 5.41 Å². The van der Waals surface area contributed by atoms with Gasteiger partial charge in [0.15, 0.2) is 0 Å². The van der Waals surface area contributed by atoms with E-state index in [0.29, 0.717) is 16.8 Å². The van der Waals surface area contributed by atoms with Crippen molar-refractivity contribution in [3.8, 4) is 0 Å². The summed E-state index contributed by atoms with van der Waals surface area (Å²) >= 11 is 0. The van der Waals surface area contributed by atoms with Gasteiger partial charge in [-0.2, -0.15) is 0 Å². The van der Waals surface area contributed by atoms with E-state index < -0.39 is 9.84 Å². The van der Waals surface area contributed by atoms with E-state index in [1.807, 2.05) is 0 Å². The smallest absolute Gasteiger partial charge is 0.215 e. The molecule has 4 N–H and O–H groups in total. The Kier molecular flexibility index (Phi) is 2.04.